The van der Waals surface area contributed by atoms with Gasteiger partial charge in [0, 0.05) is 48.9 Å². The fourth-order valence-electron chi connectivity index (χ4n) is 2.42. The molecular formula is C29H41N7S2. The number of nitrogens with one attached hydrogen (secondary N) is 2. The molecule has 5 rings (SSSR count). The summed E-state index contributed by atoms with van der Waals surface area (Å²) < 4.78 is 0.194. The number of para-hydroxylation sites is 4. The molecule has 0 atom stereocenters. The number of piperazine rings is 1. The van der Waals surface area contributed by atoms with E-state index in [9.17, 15) is 0 Å². The highest BCUT2D eigenvalue weighted by Gasteiger charge is 1.91. The zero-order chi connectivity index (χ0) is 28.3. The second-order valence-corrected chi connectivity index (χ2v) is 8.71. The topological polar surface area (TPSA) is 154 Å². The second-order valence-electron chi connectivity index (χ2n) is 7.48. The minimum Gasteiger partial charge on any atom is -0.399 e. The highest BCUT2D eigenvalue weighted by atomic mass is 32.1. The SMILES string of the molecule is C1CNCCN1.NC(=S)S.Nc1ccccc1.Nc1ccccc1.Nc1ccccc1.Nc1ccccc1. The van der Waals surface area contributed by atoms with Crippen molar-refractivity contribution < 1.29 is 0 Å². The lowest BCUT2D eigenvalue weighted by Gasteiger charge is -2.11. The third-order valence-electron chi connectivity index (χ3n) is 4.16. The van der Waals surface area contributed by atoms with Crippen molar-refractivity contribution >= 4 is 51.9 Å². The summed E-state index contributed by atoms with van der Waals surface area (Å²) in [4.78, 5) is 0. The summed E-state index contributed by atoms with van der Waals surface area (Å²) in [6.07, 6.45) is 0. The van der Waals surface area contributed by atoms with Crippen LogP contribution in [0.4, 0.5) is 22.7 Å². The smallest absolute Gasteiger partial charge is 0.128 e. The Kier molecular flexibility index (Phi) is 22.4. The summed E-state index contributed by atoms with van der Waals surface area (Å²) in [7, 11) is 0. The molecule has 38 heavy (non-hydrogen) atoms. The van der Waals surface area contributed by atoms with Crippen LogP contribution in [0.3, 0.4) is 0 Å². The highest BCUT2D eigenvalue weighted by molar-refractivity contribution is 8.10. The Morgan fingerprint density at radius 2 is 0.632 bits per heavy atom. The molecule has 7 nitrogen and oxygen atoms in total. The summed E-state index contributed by atoms with van der Waals surface area (Å²) in [5.41, 5.74) is 29.4. The summed E-state index contributed by atoms with van der Waals surface area (Å²) in [6.45, 7) is 4.56. The molecule has 1 aliphatic rings. The lowest BCUT2D eigenvalue weighted by atomic mass is 10.3. The maximum Gasteiger partial charge on any atom is 0.128 e. The van der Waals surface area contributed by atoms with Gasteiger partial charge < -0.3 is 39.3 Å². The molecule has 0 unspecified atom stereocenters. The van der Waals surface area contributed by atoms with Gasteiger partial charge in [0.1, 0.15) is 4.32 Å². The molecule has 0 saturated carbocycles. The minimum atomic E-state index is 0.194. The van der Waals surface area contributed by atoms with Gasteiger partial charge in [-0.1, -0.05) is 85.0 Å². The molecule has 0 radical (unpaired) electrons. The second kappa shape index (κ2) is 24.9. The number of thiol groups is 1. The molecule has 1 aliphatic heterocycles. The lowest BCUT2D eigenvalue weighted by molar-refractivity contribution is 0.534. The Morgan fingerprint density at radius 3 is 0.711 bits per heavy atom. The first-order valence-corrected chi connectivity index (χ1v) is 12.8. The number of rotatable bonds is 0. The molecule has 4 aromatic carbocycles. The van der Waals surface area contributed by atoms with Crippen molar-refractivity contribution in [1.29, 1.82) is 0 Å². The van der Waals surface area contributed by atoms with Crippen LogP contribution in [0, 0.1) is 0 Å². The lowest BCUT2D eigenvalue weighted by Crippen LogP contribution is -2.39. The first-order chi connectivity index (χ1) is 18.3. The van der Waals surface area contributed by atoms with Crippen molar-refractivity contribution in [2.45, 2.75) is 0 Å². The van der Waals surface area contributed by atoms with Gasteiger partial charge in [-0.15, -0.1) is 12.6 Å². The van der Waals surface area contributed by atoms with E-state index < -0.39 is 0 Å². The maximum absolute atomic E-state index is 5.36. The van der Waals surface area contributed by atoms with E-state index in [-0.39, 0.29) is 4.32 Å². The van der Waals surface area contributed by atoms with Crippen LogP contribution in [0.5, 0.6) is 0 Å². The van der Waals surface area contributed by atoms with E-state index in [4.69, 9.17) is 28.7 Å². The molecular weight excluding hydrogens is 511 g/mol. The third kappa shape index (κ3) is 26.8. The van der Waals surface area contributed by atoms with E-state index in [1.54, 1.807) is 0 Å². The van der Waals surface area contributed by atoms with Crippen molar-refractivity contribution in [3.63, 3.8) is 0 Å². The van der Waals surface area contributed by atoms with Crippen LogP contribution >= 0.6 is 24.8 Å². The van der Waals surface area contributed by atoms with Crippen LogP contribution in [0.25, 0.3) is 0 Å². The van der Waals surface area contributed by atoms with Crippen molar-refractivity contribution in [3.8, 4) is 0 Å². The molecule has 1 saturated heterocycles. The molecule has 4 aromatic rings. The van der Waals surface area contributed by atoms with Crippen molar-refractivity contribution in [2.24, 2.45) is 5.73 Å². The normalized spacial score (nSPS) is 10.8. The van der Waals surface area contributed by atoms with Gasteiger partial charge in [0.25, 0.3) is 0 Å². The Morgan fingerprint density at radius 1 is 0.474 bits per heavy atom. The zero-order valence-corrected chi connectivity index (χ0v) is 23.3. The molecule has 0 bridgehead atoms. The minimum absolute atomic E-state index is 0.194. The number of nitrogen functional groups attached to an aromatic ring is 4. The van der Waals surface area contributed by atoms with Crippen molar-refractivity contribution in [2.75, 3.05) is 49.1 Å². The molecule has 9 heteroatoms. The monoisotopic (exact) mass is 551 g/mol. The fraction of sp³-hybridized carbons (Fsp3) is 0.138. The first kappa shape index (κ1) is 34.2. The van der Waals surface area contributed by atoms with Crippen LogP contribution in [0.15, 0.2) is 121 Å². The van der Waals surface area contributed by atoms with Gasteiger partial charge in [-0.2, -0.15) is 0 Å². The Labute approximate surface area is 238 Å². The average molecular weight is 552 g/mol. The van der Waals surface area contributed by atoms with E-state index in [1.165, 1.54) is 0 Å². The number of hydrogen-bond acceptors (Lipinski definition) is 7. The molecule has 12 N–H and O–H groups in total. The first-order valence-electron chi connectivity index (χ1n) is 11.9. The third-order valence-corrected chi connectivity index (χ3v) is 4.16. The summed E-state index contributed by atoms with van der Waals surface area (Å²) in [5.74, 6) is 0. The highest BCUT2D eigenvalue weighted by Crippen LogP contribution is 1.97. The molecule has 0 aliphatic carbocycles. The number of hydrogen-bond donors (Lipinski definition) is 8. The van der Waals surface area contributed by atoms with Crippen LogP contribution in [0.2, 0.25) is 0 Å². The van der Waals surface area contributed by atoms with Crippen LogP contribution in [-0.4, -0.2) is 30.5 Å². The zero-order valence-electron chi connectivity index (χ0n) is 21.6. The predicted molar refractivity (Wildman–Crippen MR) is 175 cm³/mol. The van der Waals surface area contributed by atoms with Crippen molar-refractivity contribution in [1.82, 2.24) is 10.6 Å². The van der Waals surface area contributed by atoms with Crippen LogP contribution in [0.1, 0.15) is 0 Å². The van der Waals surface area contributed by atoms with Gasteiger partial charge in [0.2, 0.25) is 0 Å². The van der Waals surface area contributed by atoms with Gasteiger partial charge in [-0.3, -0.25) is 0 Å². The summed E-state index contributed by atoms with van der Waals surface area (Å²) in [6, 6.07) is 37.9. The predicted octanol–water partition coefficient (Wildman–Crippen LogP) is 4.41. The Bertz CT molecular complexity index is 870. The maximum atomic E-state index is 5.36. The molecule has 204 valence electrons. The fourth-order valence-corrected chi connectivity index (χ4v) is 2.42. The van der Waals surface area contributed by atoms with Crippen LogP contribution < -0.4 is 39.3 Å². The number of benzene rings is 4. The van der Waals surface area contributed by atoms with Gasteiger partial charge >= 0.3 is 0 Å². The van der Waals surface area contributed by atoms with Gasteiger partial charge in [0.05, 0.1) is 0 Å². The Hall–Kier alpha value is -3.76. The standard InChI is InChI=1S/4C6H7N.C4H10N2.CH3NS2/c4*7-6-4-2-1-3-5-6;1-2-6-4-3-5-1;2-1(3)4/h4*1-5H,7H2;5-6H,1-4H2;(H3,2,3,4). The molecule has 0 spiro atoms. The van der Waals surface area contributed by atoms with Gasteiger partial charge in [-0.05, 0) is 48.5 Å². The quantitative estimate of drug-likeness (QED) is 0.0908. The summed E-state index contributed by atoms with van der Waals surface area (Å²) >= 11 is 7.65. The van der Waals surface area contributed by atoms with E-state index in [2.05, 4.69) is 35.5 Å². The molecule has 1 fully saturated rings. The van der Waals surface area contributed by atoms with E-state index in [0.29, 0.717) is 0 Å². The van der Waals surface area contributed by atoms with Gasteiger partial charge in [-0.25, -0.2) is 0 Å². The number of thiocarbonyl (C=S) groups is 1. The van der Waals surface area contributed by atoms with E-state index in [0.717, 1.165) is 48.9 Å². The van der Waals surface area contributed by atoms with Crippen LogP contribution in [-0.2, 0) is 0 Å². The largest absolute Gasteiger partial charge is 0.399 e. The average Bonchev–Trinajstić information content (AvgIpc) is 2.93. The van der Waals surface area contributed by atoms with Crippen molar-refractivity contribution in [3.05, 3.63) is 121 Å². The Balaban J connectivity index is 0.000000436. The van der Waals surface area contributed by atoms with E-state index >= 15 is 0 Å². The number of nitrogens with two attached hydrogens (primary N) is 5. The number of anilines is 4. The molecule has 0 amide bonds. The van der Waals surface area contributed by atoms with Gasteiger partial charge in [0.15, 0.2) is 0 Å². The molecule has 0 aromatic heterocycles. The summed E-state index contributed by atoms with van der Waals surface area (Å²) in [5, 5.41) is 6.44. The molecule has 1 heterocycles. The van der Waals surface area contributed by atoms with E-state index in [1.807, 2.05) is 121 Å².